The predicted octanol–water partition coefficient (Wildman–Crippen LogP) is 1.76. The van der Waals surface area contributed by atoms with Crippen LogP contribution in [-0.4, -0.2) is 31.2 Å². The second-order valence-electron chi connectivity index (χ2n) is 4.83. The van der Waals surface area contributed by atoms with Crippen LogP contribution in [0.1, 0.15) is 20.3 Å². The third kappa shape index (κ3) is 4.55. The summed E-state index contributed by atoms with van der Waals surface area (Å²) in [7, 11) is -3.50. The first-order chi connectivity index (χ1) is 9.74. The van der Waals surface area contributed by atoms with Gasteiger partial charge in [-0.3, -0.25) is 10.1 Å². The smallest absolute Gasteiger partial charge is 0.269 e. The molecule has 1 aromatic carbocycles. The number of nitrogens with one attached hydrogen (secondary N) is 1. The number of rotatable bonds is 7. The second-order valence-corrected chi connectivity index (χ2v) is 6.94. The number of benzene rings is 1. The second kappa shape index (κ2) is 6.70. The lowest BCUT2D eigenvalue weighted by molar-refractivity contribution is -0.384. The van der Waals surface area contributed by atoms with Crippen LogP contribution in [-0.2, 0) is 9.84 Å². The van der Waals surface area contributed by atoms with Crippen molar-refractivity contribution >= 4 is 15.5 Å². The van der Waals surface area contributed by atoms with Crippen molar-refractivity contribution in [1.29, 1.82) is 0 Å². The highest BCUT2D eigenvalue weighted by Gasteiger charge is 2.20. The molecule has 7 heteroatoms. The van der Waals surface area contributed by atoms with Gasteiger partial charge in [-0.05, 0) is 25.5 Å². The Balaban J connectivity index is 2.74. The maximum Gasteiger partial charge on any atom is 0.269 e. The van der Waals surface area contributed by atoms with Crippen molar-refractivity contribution in [2.75, 3.05) is 12.3 Å². The molecule has 0 saturated carbocycles. The van der Waals surface area contributed by atoms with E-state index in [1.807, 2.05) is 13.8 Å². The van der Waals surface area contributed by atoms with E-state index in [4.69, 9.17) is 6.42 Å². The summed E-state index contributed by atoms with van der Waals surface area (Å²) >= 11 is 0. The number of nitro benzene ring substituents is 1. The van der Waals surface area contributed by atoms with Crippen molar-refractivity contribution in [3.05, 3.63) is 34.4 Å². The molecule has 0 aliphatic carbocycles. The van der Waals surface area contributed by atoms with Gasteiger partial charge in [0.1, 0.15) is 0 Å². The summed E-state index contributed by atoms with van der Waals surface area (Å²) in [6, 6.07) is 4.84. The Morgan fingerprint density at radius 2 is 1.95 bits per heavy atom. The van der Waals surface area contributed by atoms with Crippen molar-refractivity contribution in [3.8, 4) is 12.3 Å². The minimum absolute atomic E-state index is 0.0637. The van der Waals surface area contributed by atoms with E-state index in [0.717, 1.165) is 0 Å². The van der Waals surface area contributed by atoms with Crippen molar-refractivity contribution in [3.63, 3.8) is 0 Å². The van der Waals surface area contributed by atoms with Gasteiger partial charge in [0.15, 0.2) is 9.84 Å². The van der Waals surface area contributed by atoms with Crippen LogP contribution in [0.4, 0.5) is 5.69 Å². The average molecular weight is 310 g/mol. The van der Waals surface area contributed by atoms with Crippen LogP contribution in [0.25, 0.3) is 0 Å². The van der Waals surface area contributed by atoms with Crippen LogP contribution in [0.3, 0.4) is 0 Å². The summed E-state index contributed by atoms with van der Waals surface area (Å²) in [5, 5.41) is 13.6. The summed E-state index contributed by atoms with van der Waals surface area (Å²) in [6.45, 7) is 3.96. The van der Waals surface area contributed by atoms with Gasteiger partial charge in [0.25, 0.3) is 5.69 Å². The summed E-state index contributed by atoms with van der Waals surface area (Å²) in [4.78, 5) is 10.0. The van der Waals surface area contributed by atoms with E-state index in [9.17, 15) is 18.5 Å². The molecule has 21 heavy (non-hydrogen) atoms. The monoisotopic (exact) mass is 310 g/mol. The Kier molecular flexibility index (Phi) is 5.47. The molecule has 6 nitrogen and oxygen atoms in total. The molecule has 1 N–H and O–H groups in total. The fourth-order valence-electron chi connectivity index (χ4n) is 1.63. The van der Waals surface area contributed by atoms with Gasteiger partial charge in [-0.25, -0.2) is 8.42 Å². The maximum atomic E-state index is 12.1. The highest BCUT2D eigenvalue weighted by atomic mass is 32.2. The first-order valence-corrected chi connectivity index (χ1v) is 8.09. The number of hydrogen-bond donors (Lipinski definition) is 1. The zero-order valence-electron chi connectivity index (χ0n) is 12.0. The number of non-ortho nitro benzene ring substituents is 1. The molecule has 0 fully saturated rings. The van der Waals surface area contributed by atoms with E-state index in [0.29, 0.717) is 6.42 Å². The molecule has 1 rings (SSSR count). The molecule has 0 bridgehead atoms. The topological polar surface area (TPSA) is 89.3 Å². The summed E-state index contributed by atoms with van der Waals surface area (Å²) in [5.41, 5.74) is -0.677. The van der Waals surface area contributed by atoms with Crippen LogP contribution in [0.2, 0.25) is 0 Å². The summed E-state index contributed by atoms with van der Waals surface area (Å²) in [5.74, 6) is 2.47. The Hall–Kier alpha value is -1.91. The van der Waals surface area contributed by atoms with Crippen LogP contribution in [0.5, 0.6) is 0 Å². The van der Waals surface area contributed by atoms with Crippen LogP contribution < -0.4 is 5.32 Å². The molecule has 0 saturated heterocycles. The Bertz CT molecular complexity index is 647. The molecule has 1 aromatic rings. The van der Waals surface area contributed by atoms with Crippen LogP contribution >= 0.6 is 0 Å². The molecule has 114 valence electrons. The molecule has 0 amide bonds. The quantitative estimate of drug-likeness (QED) is 0.471. The third-order valence-electron chi connectivity index (χ3n) is 3.32. The molecular weight excluding hydrogens is 292 g/mol. The van der Waals surface area contributed by atoms with Crippen molar-refractivity contribution in [2.24, 2.45) is 0 Å². The standard InChI is InChI=1S/C14H18N2O4S/c1-4-14(3,5-2)15-10-11-21(19,20)13-8-6-12(7-9-13)16(17)18/h1,6-9,15H,5,10-11H2,2-3H3/t14-/m1/s1. The fraction of sp³-hybridized carbons (Fsp3) is 0.429. The predicted molar refractivity (Wildman–Crippen MR) is 80.7 cm³/mol. The van der Waals surface area contributed by atoms with Gasteiger partial charge in [-0.1, -0.05) is 12.8 Å². The SMILES string of the molecule is C#C[C@](C)(CC)NCCS(=O)(=O)c1ccc([N+](=O)[O-])cc1. The zero-order chi connectivity index (χ0) is 16.1. The van der Waals surface area contributed by atoms with Crippen molar-refractivity contribution in [1.82, 2.24) is 5.32 Å². The van der Waals surface area contributed by atoms with E-state index in [-0.39, 0.29) is 22.9 Å². The first kappa shape index (κ1) is 17.1. The number of nitro groups is 1. The minimum Gasteiger partial charge on any atom is -0.300 e. The fourth-order valence-corrected chi connectivity index (χ4v) is 2.79. The lowest BCUT2D eigenvalue weighted by Gasteiger charge is -2.23. The molecular formula is C14H18N2O4S. The highest BCUT2D eigenvalue weighted by molar-refractivity contribution is 7.91. The van der Waals surface area contributed by atoms with E-state index >= 15 is 0 Å². The van der Waals surface area contributed by atoms with Crippen LogP contribution in [0.15, 0.2) is 29.2 Å². The third-order valence-corrected chi connectivity index (χ3v) is 5.05. The Morgan fingerprint density at radius 1 is 1.38 bits per heavy atom. The molecule has 0 unspecified atom stereocenters. The van der Waals surface area contributed by atoms with Gasteiger partial charge < -0.3 is 5.32 Å². The lowest BCUT2D eigenvalue weighted by Crippen LogP contribution is -2.42. The van der Waals surface area contributed by atoms with Gasteiger partial charge in [-0.15, -0.1) is 6.42 Å². The Labute approximate surface area is 124 Å². The van der Waals surface area contributed by atoms with E-state index < -0.39 is 20.3 Å². The van der Waals surface area contributed by atoms with Gasteiger partial charge >= 0.3 is 0 Å². The van der Waals surface area contributed by atoms with E-state index in [2.05, 4.69) is 11.2 Å². The highest BCUT2D eigenvalue weighted by Crippen LogP contribution is 2.17. The number of nitrogens with zero attached hydrogens (tertiary/aromatic N) is 1. The molecule has 0 aromatic heterocycles. The zero-order valence-corrected chi connectivity index (χ0v) is 12.8. The molecule has 0 radical (unpaired) electrons. The maximum absolute atomic E-state index is 12.1. The molecule has 0 aliphatic heterocycles. The summed E-state index contributed by atoms with van der Waals surface area (Å²) in [6.07, 6.45) is 6.08. The van der Waals surface area contributed by atoms with Gasteiger partial charge in [0.2, 0.25) is 0 Å². The minimum atomic E-state index is -3.50. The van der Waals surface area contributed by atoms with Gasteiger partial charge in [-0.2, -0.15) is 0 Å². The largest absolute Gasteiger partial charge is 0.300 e. The molecule has 0 heterocycles. The van der Waals surface area contributed by atoms with E-state index in [1.165, 1.54) is 24.3 Å². The average Bonchev–Trinajstić information content (AvgIpc) is 2.47. The number of terminal acetylenes is 1. The molecule has 0 spiro atoms. The number of hydrogen-bond acceptors (Lipinski definition) is 5. The normalized spacial score (nSPS) is 14.1. The van der Waals surface area contributed by atoms with Crippen molar-refractivity contribution < 1.29 is 13.3 Å². The van der Waals surface area contributed by atoms with Gasteiger partial charge in [0.05, 0.1) is 21.1 Å². The summed E-state index contributed by atoms with van der Waals surface area (Å²) < 4.78 is 24.2. The molecule has 1 atom stereocenters. The Morgan fingerprint density at radius 3 is 2.38 bits per heavy atom. The first-order valence-electron chi connectivity index (χ1n) is 6.44. The number of sulfone groups is 1. The van der Waals surface area contributed by atoms with Gasteiger partial charge in [0, 0.05) is 18.7 Å². The van der Waals surface area contributed by atoms with Crippen LogP contribution in [0, 0.1) is 22.5 Å². The molecule has 0 aliphatic rings. The van der Waals surface area contributed by atoms with E-state index in [1.54, 1.807) is 0 Å². The lowest BCUT2D eigenvalue weighted by atomic mass is 10.0. The van der Waals surface area contributed by atoms with Crippen molar-refractivity contribution in [2.45, 2.75) is 30.7 Å².